The van der Waals surface area contributed by atoms with Gasteiger partial charge in [0, 0.05) is 6.42 Å². The number of aliphatic carboxylic acids is 1. The minimum atomic E-state index is -0.749. The third-order valence-electron chi connectivity index (χ3n) is 3.45. The minimum absolute atomic E-state index is 0.209. The molecule has 0 aliphatic heterocycles. The van der Waals surface area contributed by atoms with Crippen LogP contribution in [0.1, 0.15) is 69.1 Å². The third kappa shape index (κ3) is 7.66. The predicted molar refractivity (Wildman–Crippen MR) is 86.1 cm³/mol. The van der Waals surface area contributed by atoms with Crippen molar-refractivity contribution in [1.29, 1.82) is 0 Å². The molecule has 21 heavy (non-hydrogen) atoms. The van der Waals surface area contributed by atoms with Crippen molar-refractivity contribution in [3.63, 3.8) is 0 Å². The Balaban J connectivity index is 2.47. The van der Waals surface area contributed by atoms with Crippen LogP contribution in [0.4, 0.5) is 0 Å². The lowest BCUT2D eigenvalue weighted by atomic mass is 10.0. The van der Waals surface area contributed by atoms with Crippen molar-refractivity contribution < 1.29 is 15.0 Å². The number of carboxylic acid groups (broad SMARTS) is 1. The lowest BCUT2D eigenvalue weighted by Crippen LogP contribution is -1.97. The highest BCUT2D eigenvalue weighted by molar-refractivity contribution is 5.66. The average Bonchev–Trinajstić information content (AvgIpc) is 2.47. The van der Waals surface area contributed by atoms with Gasteiger partial charge in [-0.05, 0) is 36.5 Å². The first-order chi connectivity index (χ1) is 10.1. The number of rotatable bonds is 10. The molecule has 0 amide bonds. The molecule has 1 unspecified atom stereocenters. The maximum Gasteiger partial charge on any atom is 0.303 e. The highest BCUT2D eigenvalue weighted by Crippen LogP contribution is 2.21. The maximum absolute atomic E-state index is 10.4. The number of carbonyl (C=O) groups is 1. The molecule has 0 saturated heterocycles. The summed E-state index contributed by atoms with van der Waals surface area (Å²) in [5.74, 6) is -0.749. The molecule has 1 aromatic rings. The Hall–Kier alpha value is -1.61. The van der Waals surface area contributed by atoms with E-state index >= 15 is 0 Å². The lowest BCUT2D eigenvalue weighted by Gasteiger charge is -2.11. The van der Waals surface area contributed by atoms with Gasteiger partial charge >= 0.3 is 5.97 Å². The van der Waals surface area contributed by atoms with Crippen LogP contribution in [-0.4, -0.2) is 16.2 Å². The van der Waals surface area contributed by atoms with Crippen LogP contribution in [-0.2, 0) is 4.79 Å². The molecule has 0 heterocycles. The second-order valence-electron chi connectivity index (χ2n) is 5.37. The van der Waals surface area contributed by atoms with Crippen LogP contribution in [0.15, 0.2) is 30.3 Å². The average molecular weight is 290 g/mol. The zero-order chi connectivity index (χ0) is 15.5. The fourth-order valence-electron chi connectivity index (χ4n) is 2.21. The summed E-state index contributed by atoms with van der Waals surface area (Å²) in [5.41, 5.74) is 2.01. The smallest absolute Gasteiger partial charge is 0.303 e. The van der Waals surface area contributed by atoms with Gasteiger partial charge in [0.15, 0.2) is 0 Å². The second-order valence-corrected chi connectivity index (χ2v) is 5.37. The van der Waals surface area contributed by atoms with E-state index in [2.05, 4.69) is 6.92 Å². The number of hydrogen-bond donors (Lipinski definition) is 2. The summed E-state index contributed by atoms with van der Waals surface area (Å²) in [6.45, 7) is 2.15. The Morgan fingerprint density at radius 1 is 1.29 bits per heavy atom. The molecular weight excluding hydrogens is 264 g/mol. The Bertz CT molecular complexity index is 452. The van der Waals surface area contributed by atoms with Crippen molar-refractivity contribution in [3.05, 3.63) is 41.5 Å². The van der Waals surface area contributed by atoms with Crippen molar-refractivity contribution in [2.45, 2.75) is 58.0 Å². The number of benzene rings is 1. The predicted octanol–water partition coefficient (Wildman–Crippen LogP) is 4.57. The summed E-state index contributed by atoms with van der Waals surface area (Å²) >= 11 is 0. The van der Waals surface area contributed by atoms with E-state index < -0.39 is 12.1 Å². The van der Waals surface area contributed by atoms with Gasteiger partial charge in [0.1, 0.15) is 0 Å². The van der Waals surface area contributed by atoms with Crippen molar-refractivity contribution in [3.8, 4) is 0 Å². The molecular formula is C18H26O3. The first-order valence-corrected chi connectivity index (χ1v) is 7.80. The highest BCUT2D eigenvalue weighted by atomic mass is 16.4. The van der Waals surface area contributed by atoms with Gasteiger partial charge in [0.25, 0.3) is 0 Å². The third-order valence-corrected chi connectivity index (χ3v) is 3.45. The zero-order valence-electron chi connectivity index (χ0n) is 12.8. The van der Waals surface area contributed by atoms with Gasteiger partial charge in [0.2, 0.25) is 0 Å². The van der Waals surface area contributed by atoms with E-state index in [9.17, 15) is 9.90 Å². The number of aliphatic hydroxyl groups excluding tert-OH is 1. The van der Waals surface area contributed by atoms with Crippen molar-refractivity contribution >= 4 is 12.0 Å². The molecule has 0 aliphatic rings. The zero-order valence-corrected chi connectivity index (χ0v) is 12.8. The standard InChI is InChI=1S/C18H26O3/c1-2-3-5-12-17(19)16-11-8-10-15(14-16)9-6-4-7-13-18(20)21/h6,8-11,14,17,19H,2-5,7,12-13H2,1H3,(H,20,21)/b9-6-. The van der Waals surface area contributed by atoms with Gasteiger partial charge in [-0.25, -0.2) is 0 Å². The van der Waals surface area contributed by atoms with Gasteiger partial charge in [-0.2, -0.15) is 0 Å². The van der Waals surface area contributed by atoms with E-state index in [0.717, 1.165) is 43.2 Å². The van der Waals surface area contributed by atoms with Crippen molar-refractivity contribution in [1.82, 2.24) is 0 Å². The topological polar surface area (TPSA) is 57.5 Å². The van der Waals surface area contributed by atoms with Crippen molar-refractivity contribution in [2.24, 2.45) is 0 Å². The molecule has 2 N–H and O–H groups in total. The fourth-order valence-corrected chi connectivity index (χ4v) is 2.21. The minimum Gasteiger partial charge on any atom is -0.481 e. The van der Waals surface area contributed by atoms with Crippen molar-refractivity contribution in [2.75, 3.05) is 0 Å². The van der Waals surface area contributed by atoms with Crippen LogP contribution in [0, 0.1) is 0 Å². The normalized spacial score (nSPS) is 12.7. The number of allylic oxidation sites excluding steroid dienone is 1. The maximum atomic E-state index is 10.4. The first kappa shape index (κ1) is 17.4. The molecule has 1 aromatic carbocycles. The van der Waals surface area contributed by atoms with Gasteiger partial charge in [-0.1, -0.05) is 56.5 Å². The van der Waals surface area contributed by atoms with Crippen LogP contribution in [0.5, 0.6) is 0 Å². The van der Waals surface area contributed by atoms with Crippen LogP contribution in [0.2, 0.25) is 0 Å². The Kier molecular flexibility index (Phi) is 8.44. The molecule has 0 aliphatic carbocycles. The summed E-state index contributed by atoms with van der Waals surface area (Å²) in [5, 5.41) is 18.7. The fraction of sp³-hybridized carbons (Fsp3) is 0.500. The number of aliphatic hydroxyl groups is 1. The second kappa shape index (κ2) is 10.2. The summed E-state index contributed by atoms with van der Waals surface area (Å²) < 4.78 is 0. The van der Waals surface area contributed by atoms with E-state index in [-0.39, 0.29) is 6.42 Å². The molecule has 0 aromatic heterocycles. The monoisotopic (exact) mass is 290 g/mol. The molecule has 0 spiro atoms. The molecule has 1 rings (SSSR count). The Morgan fingerprint density at radius 3 is 2.81 bits per heavy atom. The van der Waals surface area contributed by atoms with E-state index in [1.54, 1.807) is 0 Å². The number of carboxylic acids is 1. The SMILES string of the molecule is CCCCCC(O)c1cccc(/C=C\CCCC(=O)O)c1. The van der Waals surface area contributed by atoms with E-state index in [0.29, 0.717) is 6.42 Å². The Labute approximate surface area is 127 Å². The van der Waals surface area contributed by atoms with Gasteiger partial charge in [-0.15, -0.1) is 0 Å². The largest absolute Gasteiger partial charge is 0.481 e. The molecule has 0 bridgehead atoms. The van der Waals surface area contributed by atoms with Crippen LogP contribution < -0.4 is 0 Å². The van der Waals surface area contributed by atoms with E-state index in [1.807, 2.05) is 36.4 Å². The van der Waals surface area contributed by atoms with Crippen LogP contribution >= 0.6 is 0 Å². The summed E-state index contributed by atoms with van der Waals surface area (Å²) in [6, 6.07) is 7.91. The van der Waals surface area contributed by atoms with Crippen LogP contribution in [0.25, 0.3) is 6.08 Å². The summed E-state index contributed by atoms with van der Waals surface area (Å²) in [7, 11) is 0. The quantitative estimate of drug-likeness (QED) is 0.621. The summed E-state index contributed by atoms with van der Waals surface area (Å²) in [4.78, 5) is 10.4. The molecule has 0 fully saturated rings. The van der Waals surface area contributed by atoms with Gasteiger partial charge < -0.3 is 10.2 Å². The van der Waals surface area contributed by atoms with Crippen LogP contribution in [0.3, 0.4) is 0 Å². The van der Waals surface area contributed by atoms with E-state index in [1.165, 1.54) is 0 Å². The molecule has 0 radical (unpaired) electrons. The molecule has 3 heteroatoms. The number of hydrogen-bond acceptors (Lipinski definition) is 2. The summed E-state index contributed by atoms with van der Waals surface area (Å²) in [6.07, 6.45) is 9.38. The van der Waals surface area contributed by atoms with Gasteiger partial charge in [-0.3, -0.25) is 4.79 Å². The molecule has 0 saturated carbocycles. The molecule has 1 atom stereocenters. The van der Waals surface area contributed by atoms with Gasteiger partial charge in [0.05, 0.1) is 6.10 Å². The first-order valence-electron chi connectivity index (χ1n) is 7.80. The number of unbranched alkanes of at least 4 members (excludes halogenated alkanes) is 3. The molecule has 3 nitrogen and oxygen atoms in total. The Morgan fingerprint density at radius 2 is 2.10 bits per heavy atom. The molecule has 116 valence electrons. The lowest BCUT2D eigenvalue weighted by molar-refractivity contribution is -0.137. The highest BCUT2D eigenvalue weighted by Gasteiger charge is 2.06. The van der Waals surface area contributed by atoms with E-state index in [4.69, 9.17) is 5.11 Å².